The maximum Gasteiger partial charge on any atom is 0.233 e. The van der Waals surface area contributed by atoms with E-state index in [4.69, 9.17) is 4.84 Å². The van der Waals surface area contributed by atoms with Gasteiger partial charge in [0.1, 0.15) is 0 Å². The van der Waals surface area contributed by atoms with Crippen molar-refractivity contribution >= 4 is 6.41 Å². The highest BCUT2D eigenvalue weighted by Gasteiger charge is 2.06. The number of carbonyl (C=O) groups is 1. The van der Waals surface area contributed by atoms with Gasteiger partial charge in [0.15, 0.2) is 0 Å². The summed E-state index contributed by atoms with van der Waals surface area (Å²) in [5, 5.41) is 1.22. The molecule has 65 valence electrons. The molecule has 0 heterocycles. The molecule has 0 aromatic rings. The van der Waals surface area contributed by atoms with Crippen molar-refractivity contribution in [2.45, 2.75) is 26.8 Å². The van der Waals surface area contributed by atoms with Crippen LogP contribution in [-0.4, -0.2) is 24.1 Å². The minimum Gasteiger partial charge on any atom is -0.276 e. The summed E-state index contributed by atoms with van der Waals surface area (Å²) < 4.78 is 0. The summed E-state index contributed by atoms with van der Waals surface area (Å²) in [5.41, 5.74) is 0. The predicted molar refractivity (Wildman–Crippen MR) is 43.5 cm³/mol. The van der Waals surface area contributed by atoms with Crippen molar-refractivity contribution in [1.29, 1.82) is 0 Å². The first-order valence-corrected chi connectivity index (χ1v) is 3.77. The Morgan fingerprint density at radius 3 is 2.36 bits per heavy atom. The van der Waals surface area contributed by atoms with Crippen molar-refractivity contribution in [3.8, 4) is 0 Å². The van der Waals surface area contributed by atoms with E-state index in [0.717, 1.165) is 0 Å². The van der Waals surface area contributed by atoms with Gasteiger partial charge in [0.25, 0.3) is 0 Å². The highest BCUT2D eigenvalue weighted by molar-refractivity contribution is 5.45. The molecule has 1 unspecified atom stereocenters. The lowest BCUT2D eigenvalue weighted by atomic mass is 10.2. The fraction of sp³-hybridized carbons (Fsp3) is 0.750. The van der Waals surface area contributed by atoms with Crippen LogP contribution in [0, 0.1) is 12.8 Å². The smallest absolute Gasteiger partial charge is 0.233 e. The Kier molecular flexibility index (Phi) is 4.86. The average Bonchev–Trinajstić information content (AvgIpc) is 1.87. The Hall–Kier alpha value is -0.570. The molecule has 0 aliphatic rings. The first-order valence-electron chi connectivity index (χ1n) is 3.77. The van der Waals surface area contributed by atoms with Gasteiger partial charge in [-0.05, 0) is 19.8 Å². The lowest BCUT2D eigenvalue weighted by molar-refractivity contribution is -0.183. The first-order chi connectivity index (χ1) is 5.07. The third kappa shape index (κ3) is 4.79. The van der Waals surface area contributed by atoms with Crippen molar-refractivity contribution in [3.63, 3.8) is 0 Å². The van der Waals surface area contributed by atoms with Crippen molar-refractivity contribution in [2.75, 3.05) is 6.61 Å². The summed E-state index contributed by atoms with van der Waals surface area (Å²) in [5.74, 6) is 0.427. The molecular weight excluding hydrogens is 142 g/mol. The lowest BCUT2D eigenvalue weighted by Gasteiger charge is -2.21. The Balaban J connectivity index is 3.61. The van der Waals surface area contributed by atoms with Crippen LogP contribution < -0.4 is 0 Å². The fourth-order valence-electron chi connectivity index (χ4n) is 0.497. The van der Waals surface area contributed by atoms with E-state index in [0.29, 0.717) is 18.9 Å². The third-order valence-corrected chi connectivity index (χ3v) is 1.10. The van der Waals surface area contributed by atoms with Crippen LogP contribution in [-0.2, 0) is 9.63 Å². The SMILES string of the molecule is [CH2]C(C)N(C=O)OCC(C)C. The van der Waals surface area contributed by atoms with Crippen LogP contribution in [0.2, 0.25) is 0 Å². The summed E-state index contributed by atoms with van der Waals surface area (Å²) in [4.78, 5) is 15.4. The molecule has 1 atom stereocenters. The van der Waals surface area contributed by atoms with Crippen LogP contribution in [0.5, 0.6) is 0 Å². The Bertz CT molecular complexity index is 113. The average molecular weight is 158 g/mol. The van der Waals surface area contributed by atoms with E-state index < -0.39 is 0 Å². The van der Waals surface area contributed by atoms with E-state index in [-0.39, 0.29) is 6.04 Å². The zero-order chi connectivity index (χ0) is 8.85. The molecule has 3 nitrogen and oxygen atoms in total. The maximum atomic E-state index is 10.3. The van der Waals surface area contributed by atoms with Gasteiger partial charge in [-0.25, -0.2) is 5.06 Å². The second-order valence-corrected chi connectivity index (χ2v) is 3.00. The number of carbonyl (C=O) groups excluding carboxylic acids is 1. The van der Waals surface area contributed by atoms with Crippen LogP contribution in [0.25, 0.3) is 0 Å². The van der Waals surface area contributed by atoms with Crippen LogP contribution in [0.1, 0.15) is 20.8 Å². The number of nitrogens with zero attached hydrogens (tertiary/aromatic N) is 1. The Labute approximate surface area is 68.3 Å². The van der Waals surface area contributed by atoms with Gasteiger partial charge in [0.2, 0.25) is 6.41 Å². The molecular formula is C8H16NO2. The molecule has 0 rings (SSSR count). The van der Waals surface area contributed by atoms with E-state index in [9.17, 15) is 4.79 Å². The summed E-state index contributed by atoms with van der Waals surface area (Å²) in [6, 6.07) is -0.133. The lowest BCUT2D eigenvalue weighted by Crippen LogP contribution is -2.31. The summed E-state index contributed by atoms with van der Waals surface area (Å²) in [6.07, 6.45) is 0.653. The molecule has 0 aliphatic carbocycles. The standard InChI is InChI=1S/C8H16NO2/c1-7(2)5-11-9(6-10)8(3)4/h6-8H,3,5H2,1-2,4H3. The molecule has 0 aromatic carbocycles. The molecule has 0 bridgehead atoms. The van der Waals surface area contributed by atoms with Gasteiger partial charge in [0.05, 0.1) is 12.6 Å². The van der Waals surface area contributed by atoms with Crippen LogP contribution >= 0.6 is 0 Å². The molecule has 0 saturated heterocycles. The minimum absolute atomic E-state index is 0.133. The maximum absolute atomic E-state index is 10.3. The largest absolute Gasteiger partial charge is 0.276 e. The van der Waals surface area contributed by atoms with Gasteiger partial charge >= 0.3 is 0 Å². The van der Waals surface area contributed by atoms with Gasteiger partial charge in [-0.1, -0.05) is 13.8 Å². The van der Waals surface area contributed by atoms with E-state index in [1.165, 1.54) is 5.06 Å². The number of hydroxylamine groups is 2. The van der Waals surface area contributed by atoms with Crippen LogP contribution in [0.3, 0.4) is 0 Å². The second-order valence-electron chi connectivity index (χ2n) is 3.00. The van der Waals surface area contributed by atoms with Crippen molar-refractivity contribution in [3.05, 3.63) is 6.92 Å². The second kappa shape index (κ2) is 5.13. The zero-order valence-electron chi connectivity index (χ0n) is 7.41. The van der Waals surface area contributed by atoms with E-state index in [2.05, 4.69) is 6.92 Å². The quantitative estimate of drug-likeness (QED) is 0.445. The van der Waals surface area contributed by atoms with E-state index in [1.54, 1.807) is 6.92 Å². The molecule has 0 aromatic heterocycles. The molecule has 11 heavy (non-hydrogen) atoms. The van der Waals surface area contributed by atoms with Crippen LogP contribution in [0.4, 0.5) is 0 Å². The normalized spacial score (nSPS) is 10.7. The first kappa shape index (κ1) is 10.4. The third-order valence-electron chi connectivity index (χ3n) is 1.10. The minimum atomic E-state index is -0.133. The number of hydrogen-bond acceptors (Lipinski definition) is 2. The molecule has 3 heteroatoms. The molecule has 0 saturated carbocycles. The summed E-state index contributed by atoms with van der Waals surface area (Å²) in [7, 11) is 0. The highest BCUT2D eigenvalue weighted by atomic mass is 16.7. The topological polar surface area (TPSA) is 29.5 Å². The van der Waals surface area contributed by atoms with E-state index in [1.807, 2.05) is 13.8 Å². The van der Waals surface area contributed by atoms with Gasteiger partial charge in [0, 0.05) is 0 Å². The fourth-order valence-corrected chi connectivity index (χ4v) is 0.497. The predicted octanol–water partition coefficient (Wildman–Crippen LogP) is 1.25. The van der Waals surface area contributed by atoms with Crippen LogP contribution in [0.15, 0.2) is 0 Å². The summed E-state index contributed by atoms with van der Waals surface area (Å²) in [6.45, 7) is 10.1. The van der Waals surface area contributed by atoms with Crippen molar-refractivity contribution in [1.82, 2.24) is 5.06 Å². The molecule has 0 fully saturated rings. The summed E-state index contributed by atoms with van der Waals surface area (Å²) >= 11 is 0. The molecule has 1 radical (unpaired) electrons. The highest BCUT2D eigenvalue weighted by Crippen LogP contribution is 1.99. The van der Waals surface area contributed by atoms with Gasteiger partial charge in [-0.2, -0.15) is 0 Å². The van der Waals surface area contributed by atoms with Gasteiger partial charge in [-0.15, -0.1) is 0 Å². The zero-order valence-corrected chi connectivity index (χ0v) is 7.41. The van der Waals surface area contributed by atoms with Gasteiger partial charge < -0.3 is 0 Å². The molecule has 1 amide bonds. The van der Waals surface area contributed by atoms with E-state index >= 15 is 0 Å². The molecule has 0 N–H and O–H groups in total. The molecule has 0 spiro atoms. The monoisotopic (exact) mass is 158 g/mol. The van der Waals surface area contributed by atoms with Crippen molar-refractivity contribution < 1.29 is 9.63 Å². The Morgan fingerprint density at radius 1 is 1.55 bits per heavy atom. The van der Waals surface area contributed by atoms with Gasteiger partial charge in [-0.3, -0.25) is 9.63 Å². The van der Waals surface area contributed by atoms with Crippen molar-refractivity contribution in [2.24, 2.45) is 5.92 Å². The molecule has 0 aliphatic heterocycles. The number of hydrogen-bond donors (Lipinski definition) is 0. The number of amides is 1. The number of rotatable bonds is 5. The Morgan fingerprint density at radius 2 is 2.09 bits per heavy atom.